The molecule has 100 valence electrons. The zero-order valence-corrected chi connectivity index (χ0v) is 11.8. The maximum atomic E-state index is 12.1. The van der Waals surface area contributed by atoms with Gasteiger partial charge in [0.1, 0.15) is 0 Å². The van der Waals surface area contributed by atoms with Gasteiger partial charge in [-0.1, -0.05) is 31.5 Å². The second-order valence-corrected chi connectivity index (χ2v) is 5.70. The van der Waals surface area contributed by atoms with E-state index in [2.05, 4.69) is 19.2 Å². The predicted octanol–water partition coefficient (Wildman–Crippen LogP) is 2.41. The van der Waals surface area contributed by atoms with E-state index < -0.39 is 0 Å². The van der Waals surface area contributed by atoms with E-state index in [0.29, 0.717) is 13.1 Å². The SMILES string of the molecule is Cc1ccc(C(=O)NCC(C)(C)CCN)c(C)c1. The molecule has 0 unspecified atom stereocenters. The number of hydrogen-bond acceptors (Lipinski definition) is 2. The molecule has 0 fully saturated rings. The highest BCUT2D eigenvalue weighted by Crippen LogP contribution is 2.18. The minimum atomic E-state index is -0.00223. The van der Waals surface area contributed by atoms with Crippen molar-refractivity contribution in [1.29, 1.82) is 0 Å². The van der Waals surface area contributed by atoms with Crippen LogP contribution in [-0.2, 0) is 0 Å². The van der Waals surface area contributed by atoms with Crippen LogP contribution >= 0.6 is 0 Å². The van der Waals surface area contributed by atoms with Crippen LogP contribution in [0.2, 0.25) is 0 Å². The fourth-order valence-corrected chi connectivity index (χ4v) is 1.96. The molecule has 0 saturated carbocycles. The van der Waals surface area contributed by atoms with E-state index in [0.717, 1.165) is 17.5 Å². The van der Waals surface area contributed by atoms with Gasteiger partial charge in [0.05, 0.1) is 0 Å². The normalized spacial score (nSPS) is 11.4. The average Bonchev–Trinajstić information content (AvgIpc) is 2.26. The van der Waals surface area contributed by atoms with E-state index in [-0.39, 0.29) is 11.3 Å². The number of carbonyl (C=O) groups excluding carboxylic acids is 1. The molecule has 0 atom stereocenters. The number of hydrogen-bond donors (Lipinski definition) is 2. The van der Waals surface area contributed by atoms with Gasteiger partial charge < -0.3 is 11.1 Å². The fourth-order valence-electron chi connectivity index (χ4n) is 1.96. The fraction of sp³-hybridized carbons (Fsp3) is 0.533. The zero-order valence-electron chi connectivity index (χ0n) is 11.8. The first-order chi connectivity index (χ1) is 8.35. The van der Waals surface area contributed by atoms with Crippen molar-refractivity contribution in [3.63, 3.8) is 0 Å². The summed E-state index contributed by atoms with van der Waals surface area (Å²) in [7, 11) is 0. The van der Waals surface area contributed by atoms with Crippen molar-refractivity contribution in [2.45, 2.75) is 34.1 Å². The molecule has 0 heterocycles. The summed E-state index contributed by atoms with van der Waals surface area (Å²) in [6.07, 6.45) is 0.903. The number of benzene rings is 1. The maximum absolute atomic E-state index is 12.1. The molecule has 1 aromatic rings. The van der Waals surface area contributed by atoms with Crippen LogP contribution in [0.4, 0.5) is 0 Å². The summed E-state index contributed by atoms with van der Waals surface area (Å²) >= 11 is 0. The minimum absolute atomic E-state index is 0.00223. The van der Waals surface area contributed by atoms with Crippen LogP contribution in [0, 0.1) is 19.3 Å². The summed E-state index contributed by atoms with van der Waals surface area (Å²) < 4.78 is 0. The van der Waals surface area contributed by atoms with Crippen LogP contribution in [0.1, 0.15) is 41.8 Å². The largest absolute Gasteiger partial charge is 0.351 e. The Labute approximate surface area is 110 Å². The van der Waals surface area contributed by atoms with Gasteiger partial charge in [0.25, 0.3) is 5.91 Å². The molecule has 0 bridgehead atoms. The van der Waals surface area contributed by atoms with Gasteiger partial charge in [0.15, 0.2) is 0 Å². The van der Waals surface area contributed by atoms with Crippen molar-refractivity contribution in [2.75, 3.05) is 13.1 Å². The van der Waals surface area contributed by atoms with Gasteiger partial charge in [-0.2, -0.15) is 0 Å². The summed E-state index contributed by atoms with van der Waals surface area (Å²) in [5, 5.41) is 2.99. The molecule has 0 saturated heterocycles. The van der Waals surface area contributed by atoms with E-state index >= 15 is 0 Å². The van der Waals surface area contributed by atoms with Gasteiger partial charge in [-0.15, -0.1) is 0 Å². The molecule has 0 spiro atoms. The number of rotatable bonds is 5. The zero-order chi connectivity index (χ0) is 13.8. The molecule has 1 aromatic carbocycles. The Morgan fingerprint density at radius 2 is 2.00 bits per heavy atom. The molecular weight excluding hydrogens is 224 g/mol. The Bertz CT molecular complexity index is 425. The number of amides is 1. The Morgan fingerprint density at radius 3 is 2.56 bits per heavy atom. The van der Waals surface area contributed by atoms with Crippen molar-refractivity contribution in [3.8, 4) is 0 Å². The summed E-state index contributed by atoms with van der Waals surface area (Å²) in [6.45, 7) is 9.51. The van der Waals surface area contributed by atoms with E-state index in [1.54, 1.807) is 0 Å². The molecule has 0 aliphatic heterocycles. The number of nitrogens with one attached hydrogen (secondary N) is 1. The standard InChI is InChI=1S/C15H24N2O/c1-11-5-6-13(12(2)9-11)14(18)17-10-15(3,4)7-8-16/h5-6,9H,7-8,10,16H2,1-4H3,(H,17,18). The molecule has 0 aliphatic rings. The van der Waals surface area contributed by atoms with Crippen LogP contribution in [-0.4, -0.2) is 19.0 Å². The molecule has 1 rings (SSSR count). The molecule has 3 N–H and O–H groups in total. The van der Waals surface area contributed by atoms with Gasteiger partial charge >= 0.3 is 0 Å². The second kappa shape index (κ2) is 6.01. The molecule has 0 aromatic heterocycles. The maximum Gasteiger partial charge on any atom is 0.251 e. The highest BCUT2D eigenvalue weighted by Gasteiger charge is 2.18. The molecular formula is C15H24N2O. The summed E-state index contributed by atoms with van der Waals surface area (Å²) in [5.74, 6) is -0.00223. The van der Waals surface area contributed by atoms with Gasteiger partial charge in [0.2, 0.25) is 0 Å². The third kappa shape index (κ3) is 4.15. The van der Waals surface area contributed by atoms with Crippen molar-refractivity contribution in [2.24, 2.45) is 11.1 Å². The lowest BCUT2D eigenvalue weighted by Crippen LogP contribution is -2.35. The third-order valence-electron chi connectivity index (χ3n) is 3.18. The van der Waals surface area contributed by atoms with Gasteiger partial charge in [0, 0.05) is 12.1 Å². The number of carbonyl (C=O) groups is 1. The quantitative estimate of drug-likeness (QED) is 0.840. The Balaban J connectivity index is 2.66. The van der Waals surface area contributed by atoms with Crippen LogP contribution in [0.25, 0.3) is 0 Å². The lowest BCUT2D eigenvalue weighted by Gasteiger charge is -2.24. The Morgan fingerprint density at radius 1 is 1.33 bits per heavy atom. The first kappa shape index (κ1) is 14.7. The van der Waals surface area contributed by atoms with E-state index in [4.69, 9.17) is 5.73 Å². The van der Waals surface area contributed by atoms with Crippen molar-refractivity contribution >= 4 is 5.91 Å². The molecule has 1 amide bonds. The molecule has 0 radical (unpaired) electrons. The first-order valence-corrected chi connectivity index (χ1v) is 6.41. The summed E-state index contributed by atoms with van der Waals surface area (Å²) in [6, 6.07) is 5.88. The van der Waals surface area contributed by atoms with Crippen LogP contribution < -0.4 is 11.1 Å². The van der Waals surface area contributed by atoms with Gasteiger partial charge in [-0.05, 0) is 43.9 Å². The predicted molar refractivity (Wildman–Crippen MR) is 75.7 cm³/mol. The monoisotopic (exact) mass is 248 g/mol. The molecule has 3 heteroatoms. The highest BCUT2D eigenvalue weighted by atomic mass is 16.1. The molecule has 3 nitrogen and oxygen atoms in total. The lowest BCUT2D eigenvalue weighted by atomic mass is 9.89. The van der Waals surface area contributed by atoms with Gasteiger partial charge in [-0.25, -0.2) is 0 Å². The van der Waals surface area contributed by atoms with Crippen molar-refractivity contribution < 1.29 is 4.79 Å². The summed E-state index contributed by atoms with van der Waals surface area (Å²) in [4.78, 5) is 12.1. The van der Waals surface area contributed by atoms with Gasteiger partial charge in [-0.3, -0.25) is 4.79 Å². The topological polar surface area (TPSA) is 55.1 Å². The number of nitrogens with two attached hydrogens (primary N) is 1. The number of aryl methyl sites for hydroxylation is 2. The average molecular weight is 248 g/mol. The van der Waals surface area contributed by atoms with Crippen molar-refractivity contribution in [3.05, 3.63) is 34.9 Å². The Hall–Kier alpha value is -1.35. The molecule has 18 heavy (non-hydrogen) atoms. The first-order valence-electron chi connectivity index (χ1n) is 6.41. The van der Waals surface area contributed by atoms with Crippen LogP contribution in [0.5, 0.6) is 0 Å². The van der Waals surface area contributed by atoms with Crippen LogP contribution in [0.3, 0.4) is 0 Å². The summed E-state index contributed by atoms with van der Waals surface area (Å²) in [5.41, 5.74) is 8.55. The second-order valence-electron chi connectivity index (χ2n) is 5.70. The molecule has 0 aliphatic carbocycles. The highest BCUT2D eigenvalue weighted by molar-refractivity contribution is 5.95. The van der Waals surface area contributed by atoms with Crippen molar-refractivity contribution in [1.82, 2.24) is 5.32 Å². The lowest BCUT2D eigenvalue weighted by molar-refractivity contribution is 0.0934. The van der Waals surface area contributed by atoms with Crippen LogP contribution in [0.15, 0.2) is 18.2 Å². The van der Waals surface area contributed by atoms with E-state index in [1.165, 1.54) is 5.56 Å². The van der Waals surface area contributed by atoms with E-state index in [1.807, 2.05) is 32.0 Å². The third-order valence-corrected chi connectivity index (χ3v) is 3.18. The Kier molecular flexibility index (Phi) is 4.91. The smallest absolute Gasteiger partial charge is 0.251 e. The van der Waals surface area contributed by atoms with E-state index in [9.17, 15) is 4.79 Å². The minimum Gasteiger partial charge on any atom is -0.351 e.